The average Bonchev–Trinajstić information content (AvgIpc) is 2.49. The molecule has 2 aromatic rings. The summed E-state index contributed by atoms with van der Waals surface area (Å²) in [7, 11) is -3.45. The smallest absolute Gasteiger partial charge is 0.199 e. The predicted molar refractivity (Wildman–Crippen MR) is 82.6 cm³/mol. The summed E-state index contributed by atoms with van der Waals surface area (Å²) in [5, 5.41) is 10.3. The minimum atomic E-state index is -3.45. The van der Waals surface area contributed by atoms with Gasteiger partial charge < -0.3 is 10.8 Å². The molecule has 0 aromatic heterocycles. The lowest BCUT2D eigenvalue weighted by Crippen LogP contribution is -2.20. The summed E-state index contributed by atoms with van der Waals surface area (Å²) in [6.45, 7) is 0. The van der Waals surface area contributed by atoms with Crippen molar-refractivity contribution in [3.8, 4) is 5.75 Å². The molecule has 0 saturated carbocycles. The van der Waals surface area contributed by atoms with Gasteiger partial charge in [-0.2, -0.15) is 0 Å². The molecule has 110 valence electrons. The van der Waals surface area contributed by atoms with Gasteiger partial charge in [0.2, 0.25) is 0 Å². The molecule has 0 spiro atoms. The van der Waals surface area contributed by atoms with Crippen molar-refractivity contribution < 1.29 is 13.5 Å². The largest absolute Gasteiger partial charge is 0.508 e. The Morgan fingerprint density at radius 2 is 1.67 bits per heavy atom. The topological polar surface area (TPSA) is 80.4 Å². The van der Waals surface area contributed by atoms with Crippen LogP contribution in [0.3, 0.4) is 0 Å². The monoisotopic (exact) mass is 303 g/mol. The highest BCUT2D eigenvalue weighted by Gasteiger charge is 2.10. The van der Waals surface area contributed by atoms with Gasteiger partial charge in [-0.15, -0.1) is 0 Å². The van der Waals surface area contributed by atoms with Crippen molar-refractivity contribution in [2.45, 2.75) is 17.4 Å². The predicted octanol–water partition coefficient (Wildman–Crippen LogP) is 2.25. The third-order valence-corrected chi connectivity index (χ3v) is 4.43. The number of aromatic hydroxyl groups is 1. The van der Waals surface area contributed by atoms with E-state index in [1.807, 2.05) is 0 Å². The zero-order chi connectivity index (χ0) is 15.3. The highest BCUT2D eigenvalue weighted by molar-refractivity contribution is 7.94. The Bertz CT molecular complexity index is 707. The molecule has 0 saturated heterocycles. The Morgan fingerprint density at radius 3 is 2.29 bits per heavy atom. The Morgan fingerprint density at radius 1 is 1.05 bits per heavy atom. The molecule has 0 fully saturated rings. The molecule has 0 aliphatic rings. The van der Waals surface area contributed by atoms with E-state index in [1.54, 1.807) is 54.6 Å². The van der Waals surface area contributed by atoms with Crippen molar-refractivity contribution in [1.29, 1.82) is 0 Å². The number of benzene rings is 2. The summed E-state index contributed by atoms with van der Waals surface area (Å²) in [6, 6.07) is 14.5. The molecule has 0 amide bonds. The molecule has 0 bridgehead atoms. The maximum absolute atomic E-state index is 12.1. The molecule has 0 heterocycles. The van der Waals surface area contributed by atoms with Crippen LogP contribution in [0, 0.1) is 0 Å². The van der Waals surface area contributed by atoms with E-state index in [4.69, 9.17) is 5.73 Å². The first-order valence-corrected chi connectivity index (χ1v) is 8.04. The van der Waals surface area contributed by atoms with Crippen molar-refractivity contribution in [1.82, 2.24) is 0 Å². The highest BCUT2D eigenvalue weighted by atomic mass is 32.2. The van der Waals surface area contributed by atoms with E-state index in [1.165, 1.54) is 6.08 Å². The third kappa shape index (κ3) is 4.44. The Labute approximate surface area is 124 Å². The highest BCUT2D eigenvalue weighted by Crippen LogP contribution is 2.13. The molecule has 0 radical (unpaired) electrons. The van der Waals surface area contributed by atoms with Crippen molar-refractivity contribution >= 4 is 9.84 Å². The van der Waals surface area contributed by atoms with Gasteiger partial charge in [0.15, 0.2) is 9.84 Å². The second-order valence-corrected chi connectivity index (χ2v) is 6.55. The molecule has 3 N–H and O–H groups in total. The summed E-state index contributed by atoms with van der Waals surface area (Å²) in [6.07, 6.45) is 1.98. The van der Waals surface area contributed by atoms with E-state index < -0.39 is 15.9 Å². The van der Waals surface area contributed by atoms with Crippen molar-refractivity contribution in [3.63, 3.8) is 0 Å². The summed E-state index contributed by atoms with van der Waals surface area (Å²) in [4.78, 5) is 0.248. The normalized spacial score (nSPS) is 13.4. The molecule has 0 aliphatic heterocycles. The number of phenolic OH excluding ortho intramolecular Hbond substituents is 1. The molecular formula is C16H17NO3S. The van der Waals surface area contributed by atoms with Gasteiger partial charge in [-0.05, 0) is 36.2 Å². The minimum Gasteiger partial charge on any atom is -0.508 e. The fourth-order valence-corrected chi connectivity index (χ4v) is 2.97. The van der Waals surface area contributed by atoms with Gasteiger partial charge >= 0.3 is 0 Å². The first-order valence-electron chi connectivity index (χ1n) is 6.49. The molecule has 1 atom stereocenters. The van der Waals surface area contributed by atoms with Crippen LogP contribution >= 0.6 is 0 Å². The molecule has 2 aromatic carbocycles. The Kier molecular flexibility index (Phi) is 4.77. The van der Waals surface area contributed by atoms with Crippen molar-refractivity contribution in [2.75, 3.05) is 0 Å². The van der Waals surface area contributed by atoms with Gasteiger partial charge in [0.05, 0.1) is 4.90 Å². The molecular weight excluding hydrogens is 286 g/mol. The van der Waals surface area contributed by atoms with Crippen LogP contribution in [-0.4, -0.2) is 19.6 Å². The van der Waals surface area contributed by atoms with Crippen LogP contribution < -0.4 is 5.73 Å². The number of hydrogen-bond acceptors (Lipinski definition) is 4. The maximum atomic E-state index is 12.1. The van der Waals surface area contributed by atoms with E-state index in [0.717, 1.165) is 11.0 Å². The van der Waals surface area contributed by atoms with Crippen LogP contribution in [-0.2, 0) is 16.3 Å². The van der Waals surface area contributed by atoms with Gasteiger partial charge in [0, 0.05) is 11.4 Å². The van der Waals surface area contributed by atoms with E-state index in [-0.39, 0.29) is 10.6 Å². The first kappa shape index (κ1) is 15.3. The molecule has 2 rings (SSSR count). The van der Waals surface area contributed by atoms with Crippen LogP contribution in [0.4, 0.5) is 0 Å². The van der Waals surface area contributed by atoms with Crippen molar-refractivity contribution in [3.05, 3.63) is 71.6 Å². The second-order valence-electron chi connectivity index (χ2n) is 4.72. The third-order valence-electron chi connectivity index (χ3n) is 2.98. The Hall–Kier alpha value is -2.11. The molecule has 5 heteroatoms. The van der Waals surface area contributed by atoms with E-state index in [0.29, 0.717) is 6.42 Å². The van der Waals surface area contributed by atoms with Crippen LogP contribution in [0.1, 0.15) is 5.56 Å². The summed E-state index contributed by atoms with van der Waals surface area (Å²) in [5.41, 5.74) is 6.85. The van der Waals surface area contributed by atoms with E-state index >= 15 is 0 Å². The zero-order valence-corrected chi connectivity index (χ0v) is 12.2. The number of phenols is 1. The summed E-state index contributed by atoms with van der Waals surface area (Å²) < 4.78 is 24.1. The van der Waals surface area contributed by atoms with Gasteiger partial charge in [-0.25, -0.2) is 8.42 Å². The van der Waals surface area contributed by atoms with E-state index in [9.17, 15) is 13.5 Å². The second kappa shape index (κ2) is 6.56. The van der Waals surface area contributed by atoms with Gasteiger partial charge in [0.25, 0.3) is 0 Å². The average molecular weight is 303 g/mol. The Balaban J connectivity index is 2.05. The van der Waals surface area contributed by atoms with Gasteiger partial charge in [-0.1, -0.05) is 36.4 Å². The molecule has 0 unspecified atom stereocenters. The minimum absolute atomic E-state index is 0.189. The summed E-state index contributed by atoms with van der Waals surface area (Å²) >= 11 is 0. The number of sulfone groups is 1. The standard InChI is InChI=1S/C16H17NO3S/c17-14(12-13-6-8-15(18)9-7-13)10-11-21(19,20)16-4-2-1-3-5-16/h1-11,14,18H,12,17H2/b11-10+/t14-/m1/s1. The fraction of sp³-hybridized carbons (Fsp3) is 0.125. The fourth-order valence-electron chi connectivity index (χ4n) is 1.87. The van der Waals surface area contributed by atoms with Crippen LogP contribution in [0.5, 0.6) is 5.75 Å². The van der Waals surface area contributed by atoms with Crippen LogP contribution in [0.15, 0.2) is 71.0 Å². The first-order chi connectivity index (χ1) is 9.97. The molecule has 21 heavy (non-hydrogen) atoms. The molecule has 0 aliphatic carbocycles. The number of hydrogen-bond donors (Lipinski definition) is 2. The van der Waals surface area contributed by atoms with Crippen molar-refractivity contribution in [2.24, 2.45) is 5.73 Å². The SMILES string of the molecule is N[C@H](/C=C/S(=O)(=O)c1ccccc1)Cc1ccc(O)cc1. The number of nitrogens with two attached hydrogens (primary N) is 1. The van der Waals surface area contributed by atoms with E-state index in [2.05, 4.69) is 0 Å². The maximum Gasteiger partial charge on any atom is 0.199 e. The lowest BCUT2D eigenvalue weighted by atomic mass is 10.1. The quantitative estimate of drug-likeness (QED) is 0.887. The lowest BCUT2D eigenvalue weighted by molar-refractivity contribution is 0.475. The zero-order valence-electron chi connectivity index (χ0n) is 11.4. The van der Waals surface area contributed by atoms with Crippen LogP contribution in [0.2, 0.25) is 0 Å². The van der Waals surface area contributed by atoms with Crippen LogP contribution in [0.25, 0.3) is 0 Å². The number of rotatable bonds is 5. The van der Waals surface area contributed by atoms with Gasteiger partial charge in [-0.3, -0.25) is 0 Å². The molecule has 4 nitrogen and oxygen atoms in total. The summed E-state index contributed by atoms with van der Waals surface area (Å²) in [5.74, 6) is 0.189. The van der Waals surface area contributed by atoms with Gasteiger partial charge in [0.1, 0.15) is 5.75 Å². The lowest BCUT2D eigenvalue weighted by Gasteiger charge is -2.07.